The van der Waals surface area contributed by atoms with Gasteiger partial charge in [0.25, 0.3) is 5.91 Å². The summed E-state index contributed by atoms with van der Waals surface area (Å²) >= 11 is 14.4. The van der Waals surface area contributed by atoms with Crippen LogP contribution in [0.3, 0.4) is 0 Å². The van der Waals surface area contributed by atoms with E-state index in [4.69, 9.17) is 32.7 Å². The molecule has 11 heteroatoms. The lowest BCUT2D eigenvalue weighted by atomic mass is 10.1. The number of carboxylic acids is 1. The molecule has 2 aromatic carbocycles. The van der Waals surface area contributed by atoms with Crippen molar-refractivity contribution >= 4 is 69.0 Å². The lowest BCUT2D eigenvalue weighted by Crippen LogP contribution is -2.31. The van der Waals surface area contributed by atoms with Crippen LogP contribution in [0.2, 0.25) is 10.0 Å². The SMILES string of the molecule is O=C(O)CCc1cnc([C@@H]2CCCN2C(=O)Cc2cc(Cl)c(NC(=O)c3coc4ccccc34)cc2Cl)s1. The van der Waals surface area contributed by atoms with Crippen molar-refractivity contribution < 1.29 is 23.9 Å². The number of thiazole rings is 1. The Morgan fingerprint density at radius 3 is 2.82 bits per heavy atom. The number of halogens is 2. The molecule has 1 aliphatic heterocycles. The van der Waals surface area contributed by atoms with Gasteiger partial charge in [0.1, 0.15) is 16.9 Å². The number of hydrogen-bond acceptors (Lipinski definition) is 6. The monoisotopic (exact) mass is 571 g/mol. The quantitative estimate of drug-likeness (QED) is 0.254. The molecule has 1 atom stereocenters. The molecular weight excluding hydrogens is 549 g/mol. The van der Waals surface area contributed by atoms with Gasteiger partial charge in [0.15, 0.2) is 0 Å². The number of nitrogens with zero attached hydrogens (tertiary/aromatic N) is 2. The molecule has 0 aliphatic carbocycles. The Hall–Kier alpha value is -3.40. The molecule has 3 heterocycles. The summed E-state index contributed by atoms with van der Waals surface area (Å²) in [5.74, 6) is -1.34. The largest absolute Gasteiger partial charge is 0.481 e. The molecule has 1 saturated heterocycles. The fourth-order valence-electron chi connectivity index (χ4n) is 4.57. The third-order valence-electron chi connectivity index (χ3n) is 6.47. The van der Waals surface area contributed by atoms with Crippen LogP contribution >= 0.6 is 34.5 Å². The van der Waals surface area contributed by atoms with E-state index in [0.29, 0.717) is 45.8 Å². The number of hydrogen-bond donors (Lipinski definition) is 2. The number of anilines is 1. The zero-order valence-corrected chi connectivity index (χ0v) is 22.4. The summed E-state index contributed by atoms with van der Waals surface area (Å²) in [6.45, 7) is 0.603. The molecule has 38 heavy (non-hydrogen) atoms. The van der Waals surface area contributed by atoms with Crippen LogP contribution in [0.25, 0.3) is 11.0 Å². The highest BCUT2D eigenvalue weighted by molar-refractivity contribution is 7.11. The Kier molecular flexibility index (Phi) is 7.69. The second kappa shape index (κ2) is 11.1. The number of amides is 2. The molecule has 0 bridgehead atoms. The molecule has 5 rings (SSSR count). The first-order valence-electron chi connectivity index (χ1n) is 12.0. The van der Waals surface area contributed by atoms with Gasteiger partial charge < -0.3 is 19.7 Å². The lowest BCUT2D eigenvalue weighted by Gasteiger charge is -2.23. The summed E-state index contributed by atoms with van der Waals surface area (Å²) in [6.07, 6.45) is 5.24. The summed E-state index contributed by atoms with van der Waals surface area (Å²) in [7, 11) is 0. The van der Waals surface area contributed by atoms with Gasteiger partial charge in [-0.2, -0.15) is 0 Å². The molecule has 0 radical (unpaired) electrons. The van der Waals surface area contributed by atoms with Crippen molar-refractivity contribution in [3.63, 3.8) is 0 Å². The Balaban J connectivity index is 1.27. The van der Waals surface area contributed by atoms with Gasteiger partial charge in [-0.25, -0.2) is 4.98 Å². The van der Waals surface area contributed by atoms with Crippen molar-refractivity contribution in [3.05, 3.63) is 79.9 Å². The highest BCUT2D eigenvalue weighted by atomic mass is 35.5. The maximum atomic E-state index is 13.3. The number of aromatic nitrogens is 1. The van der Waals surface area contributed by atoms with Gasteiger partial charge in [-0.3, -0.25) is 14.4 Å². The number of rotatable bonds is 8. The van der Waals surface area contributed by atoms with Crippen molar-refractivity contribution in [2.45, 2.75) is 38.1 Å². The average Bonchev–Trinajstić information content (AvgIpc) is 3.64. The first kappa shape index (κ1) is 26.2. The Labute approximate surface area is 232 Å². The molecule has 2 aromatic heterocycles. The van der Waals surface area contributed by atoms with Crippen LogP contribution in [0.1, 0.15) is 51.1 Å². The topological polar surface area (TPSA) is 113 Å². The minimum Gasteiger partial charge on any atom is -0.481 e. The van der Waals surface area contributed by atoms with E-state index in [0.717, 1.165) is 22.7 Å². The number of fused-ring (bicyclic) bond motifs is 1. The third kappa shape index (κ3) is 5.55. The normalized spacial score (nSPS) is 15.2. The van der Waals surface area contributed by atoms with Crippen molar-refractivity contribution in [3.8, 4) is 0 Å². The van der Waals surface area contributed by atoms with E-state index in [1.807, 2.05) is 12.1 Å². The molecule has 1 aliphatic rings. The molecule has 2 amide bonds. The molecule has 1 fully saturated rings. The molecule has 4 aromatic rings. The van der Waals surface area contributed by atoms with Crippen molar-refractivity contribution in [2.24, 2.45) is 0 Å². The highest BCUT2D eigenvalue weighted by Gasteiger charge is 2.32. The number of aliphatic carboxylic acids is 1. The number of carboxylic acid groups (broad SMARTS) is 1. The van der Waals surface area contributed by atoms with Gasteiger partial charge in [-0.15, -0.1) is 11.3 Å². The van der Waals surface area contributed by atoms with E-state index in [2.05, 4.69) is 10.3 Å². The number of likely N-dealkylation sites (tertiary alicyclic amines) is 1. The lowest BCUT2D eigenvalue weighted by molar-refractivity contribution is -0.137. The van der Waals surface area contributed by atoms with Crippen molar-refractivity contribution in [2.75, 3.05) is 11.9 Å². The van der Waals surface area contributed by atoms with Gasteiger partial charge in [0.05, 0.1) is 35.2 Å². The molecule has 0 spiro atoms. The number of aryl methyl sites for hydroxylation is 1. The van der Waals surface area contributed by atoms with Crippen LogP contribution in [-0.4, -0.2) is 39.3 Å². The van der Waals surface area contributed by atoms with E-state index >= 15 is 0 Å². The maximum Gasteiger partial charge on any atom is 0.303 e. The Morgan fingerprint density at radius 1 is 1.18 bits per heavy atom. The first-order valence-corrected chi connectivity index (χ1v) is 13.6. The standard InChI is InChI=1S/C27H23Cl2N3O5S/c28-19-12-21(31-26(36)18-14-37-23-6-2-1-4-17(18)23)20(29)10-15(19)11-24(33)32-9-3-5-22(32)27-30-13-16(38-27)7-8-25(34)35/h1-2,4,6,10,12-14,22H,3,5,7-9,11H2,(H,31,36)(H,34,35)/t22-/m0/s1. The van der Waals surface area contributed by atoms with Crippen molar-refractivity contribution in [1.29, 1.82) is 0 Å². The van der Waals surface area contributed by atoms with Gasteiger partial charge in [-0.1, -0.05) is 41.4 Å². The third-order valence-corrected chi connectivity index (χ3v) is 8.29. The summed E-state index contributed by atoms with van der Waals surface area (Å²) in [5, 5.41) is 13.8. The smallest absolute Gasteiger partial charge is 0.303 e. The summed E-state index contributed by atoms with van der Waals surface area (Å²) < 4.78 is 5.45. The number of benzene rings is 2. The van der Waals surface area contributed by atoms with E-state index in [1.165, 1.54) is 17.6 Å². The highest BCUT2D eigenvalue weighted by Crippen LogP contribution is 2.36. The predicted molar refractivity (Wildman–Crippen MR) is 146 cm³/mol. The van der Waals surface area contributed by atoms with Gasteiger partial charge in [0, 0.05) is 28.0 Å². The van der Waals surface area contributed by atoms with Crippen molar-refractivity contribution in [1.82, 2.24) is 9.88 Å². The van der Waals surface area contributed by atoms with Crippen LogP contribution in [0, 0.1) is 0 Å². The number of para-hydroxylation sites is 1. The summed E-state index contributed by atoms with van der Waals surface area (Å²) in [5.41, 5.74) is 1.87. The van der Waals surface area contributed by atoms with E-state index in [-0.39, 0.29) is 35.7 Å². The minimum atomic E-state index is -0.853. The molecular formula is C27H23Cl2N3O5S. The summed E-state index contributed by atoms with van der Waals surface area (Å²) in [4.78, 5) is 44.1. The van der Waals surface area contributed by atoms with Crippen LogP contribution in [0.15, 0.2) is 53.3 Å². The molecule has 8 nitrogen and oxygen atoms in total. The van der Waals surface area contributed by atoms with E-state index in [1.54, 1.807) is 35.4 Å². The minimum absolute atomic E-state index is 0.0450. The zero-order valence-electron chi connectivity index (χ0n) is 20.1. The first-order chi connectivity index (χ1) is 18.3. The van der Waals surface area contributed by atoms with E-state index < -0.39 is 5.97 Å². The number of nitrogens with one attached hydrogen (secondary N) is 1. The number of carbonyl (C=O) groups excluding carboxylic acids is 2. The van der Waals surface area contributed by atoms with Crippen LogP contribution in [0.4, 0.5) is 5.69 Å². The van der Waals surface area contributed by atoms with Crippen LogP contribution < -0.4 is 5.32 Å². The fourth-order valence-corrected chi connectivity index (χ4v) is 6.10. The second-order valence-electron chi connectivity index (χ2n) is 9.00. The maximum absolute atomic E-state index is 13.3. The average molecular weight is 572 g/mol. The predicted octanol–water partition coefficient (Wildman–Crippen LogP) is 6.37. The second-order valence-corrected chi connectivity index (χ2v) is 11.0. The number of carbonyl (C=O) groups is 3. The fraction of sp³-hybridized carbons (Fsp3) is 0.259. The Bertz CT molecular complexity index is 1530. The van der Waals surface area contributed by atoms with Crippen LogP contribution in [-0.2, 0) is 22.4 Å². The van der Waals surface area contributed by atoms with Gasteiger partial charge in [0.2, 0.25) is 5.91 Å². The molecule has 0 saturated carbocycles. The van der Waals surface area contributed by atoms with Crippen LogP contribution in [0.5, 0.6) is 0 Å². The zero-order chi connectivity index (χ0) is 26.8. The van der Waals surface area contributed by atoms with Gasteiger partial charge in [-0.05, 0) is 43.0 Å². The Morgan fingerprint density at radius 2 is 2.00 bits per heavy atom. The molecule has 196 valence electrons. The van der Waals surface area contributed by atoms with Gasteiger partial charge >= 0.3 is 5.97 Å². The molecule has 0 unspecified atom stereocenters. The summed E-state index contributed by atoms with van der Waals surface area (Å²) in [6, 6.07) is 10.2. The van der Waals surface area contributed by atoms with E-state index in [9.17, 15) is 14.4 Å². The molecule has 2 N–H and O–H groups in total. The number of furan rings is 1.